The number of rotatable bonds is 9. The fourth-order valence-electron chi connectivity index (χ4n) is 5.40. The molecule has 6 nitrogen and oxygen atoms in total. The van der Waals surface area contributed by atoms with Crippen LogP contribution in [-0.2, 0) is 17.7 Å². The molecule has 5 rings (SSSR count). The van der Waals surface area contributed by atoms with Crippen molar-refractivity contribution in [3.8, 4) is 16.9 Å². The normalized spacial score (nSPS) is 15.6. The van der Waals surface area contributed by atoms with E-state index in [1.807, 2.05) is 32.2 Å². The van der Waals surface area contributed by atoms with Gasteiger partial charge in [0, 0.05) is 25.3 Å². The summed E-state index contributed by atoms with van der Waals surface area (Å²) in [5.41, 5.74) is 5.10. The highest BCUT2D eigenvalue weighted by Crippen LogP contribution is 2.36. The molecule has 1 unspecified atom stereocenters. The monoisotopic (exact) mass is 577 g/mol. The number of aryl methyl sites for hydroxylation is 3. The quantitative estimate of drug-likeness (QED) is 0.189. The lowest BCUT2D eigenvalue weighted by molar-refractivity contribution is -0.275. The Morgan fingerprint density at radius 2 is 1.90 bits per heavy atom. The van der Waals surface area contributed by atoms with Crippen LogP contribution in [0, 0.1) is 25.6 Å². The Balaban J connectivity index is 1.49. The number of hydrogen-bond acceptors (Lipinski definition) is 6. The van der Waals surface area contributed by atoms with Gasteiger partial charge >= 0.3 is 6.36 Å². The minimum Gasteiger partial charge on any atom is -0.403 e. The van der Waals surface area contributed by atoms with Gasteiger partial charge in [0.2, 0.25) is 0 Å². The van der Waals surface area contributed by atoms with Gasteiger partial charge in [0.1, 0.15) is 11.6 Å². The molecule has 214 valence electrons. The van der Waals surface area contributed by atoms with Crippen molar-refractivity contribution in [3.05, 3.63) is 65.1 Å². The van der Waals surface area contributed by atoms with Crippen molar-refractivity contribution in [1.82, 2.24) is 14.7 Å². The standard InChI is InChI=1S/C29H31F4N3O3S/c1-17-27(18(2)39-35-17)21-5-6-24-23(16-21)34-28(36(24)11-8-19-9-12-37-13-10-19)26(40-3)15-20-4-7-25(22(30)14-20)38-29(31,32)33/h4-7,14,16,19,26H,8-13,15H2,1-3H3. The topological polar surface area (TPSA) is 62.3 Å². The van der Waals surface area contributed by atoms with Gasteiger partial charge < -0.3 is 18.6 Å². The molecule has 0 amide bonds. The van der Waals surface area contributed by atoms with Crippen molar-refractivity contribution in [3.63, 3.8) is 0 Å². The molecule has 3 heterocycles. The van der Waals surface area contributed by atoms with Gasteiger partial charge in [-0.25, -0.2) is 9.37 Å². The molecule has 0 aliphatic carbocycles. The summed E-state index contributed by atoms with van der Waals surface area (Å²) >= 11 is 1.57. The van der Waals surface area contributed by atoms with Crippen molar-refractivity contribution in [2.45, 2.75) is 57.7 Å². The first kappa shape index (κ1) is 28.5. The van der Waals surface area contributed by atoms with E-state index in [9.17, 15) is 17.6 Å². The fraction of sp³-hybridized carbons (Fsp3) is 0.448. The fourth-order valence-corrected chi connectivity index (χ4v) is 6.15. The van der Waals surface area contributed by atoms with Crippen LogP contribution in [0.3, 0.4) is 0 Å². The zero-order chi connectivity index (χ0) is 28.4. The molecule has 11 heteroatoms. The van der Waals surface area contributed by atoms with Gasteiger partial charge in [-0.1, -0.05) is 17.3 Å². The number of ether oxygens (including phenoxy) is 2. The van der Waals surface area contributed by atoms with Crippen LogP contribution in [0.2, 0.25) is 0 Å². The van der Waals surface area contributed by atoms with E-state index >= 15 is 0 Å². The second-order valence-corrected chi connectivity index (χ2v) is 11.2. The zero-order valence-electron chi connectivity index (χ0n) is 22.6. The molecule has 0 spiro atoms. The van der Waals surface area contributed by atoms with Crippen LogP contribution in [0.25, 0.3) is 22.2 Å². The van der Waals surface area contributed by atoms with Crippen LogP contribution in [-0.4, -0.2) is 40.5 Å². The zero-order valence-corrected chi connectivity index (χ0v) is 23.4. The van der Waals surface area contributed by atoms with Gasteiger partial charge in [0.25, 0.3) is 0 Å². The van der Waals surface area contributed by atoms with Gasteiger partial charge in [-0.2, -0.15) is 11.8 Å². The highest BCUT2D eigenvalue weighted by Gasteiger charge is 2.32. The highest BCUT2D eigenvalue weighted by atomic mass is 32.2. The predicted octanol–water partition coefficient (Wildman–Crippen LogP) is 7.81. The molecule has 4 aromatic rings. The Bertz CT molecular complexity index is 1460. The van der Waals surface area contributed by atoms with Crippen LogP contribution in [0.5, 0.6) is 5.75 Å². The SMILES string of the molecule is CSC(Cc1ccc(OC(F)(F)F)c(F)c1)c1nc2cc(-c3c(C)noc3C)ccc2n1CCC1CCOCC1. The van der Waals surface area contributed by atoms with Crippen molar-refractivity contribution < 1.29 is 31.6 Å². The summed E-state index contributed by atoms with van der Waals surface area (Å²) in [6.07, 6.45) is 0.418. The van der Waals surface area contributed by atoms with Gasteiger partial charge in [0.05, 0.1) is 22.0 Å². The van der Waals surface area contributed by atoms with Gasteiger partial charge in [-0.15, -0.1) is 13.2 Å². The lowest BCUT2D eigenvalue weighted by atomic mass is 9.96. The van der Waals surface area contributed by atoms with E-state index in [4.69, 9.17) is 14.2 Å². The summed E-state index contributed by atoms with van der Waals surface area (Å²) in [4.78, 5) is 5.06. The summed E-state index contributed by atoms with van der Waals surface area (Å²) in [5, 5.41) is 3.93. The maximum Gasteiger partial charge on any atom is 0.573 e. The number of alkyl halides is 3. The maximum absolute atomic E-state index is 14.5. The average molecular weight is 578 g/mol. The summed E-state index contributed by atoms with van der Waals surface area (Å²) in [5.74, 6) is 0.252. The third-order valence-electron chi connectivity index (χ3n) is 7.42. The first-order chi connectivity index (χ1) is 19.1. The van der Waals surface area contributed by atoms with Gasteiger partial charge in [-0.3, -0.25) is 0 Å². The molecule has 2 aromatic heterocycles. The smallest absolute Gasteiger partial charge is 0.403 e. The number of hydrogen-bond donors (Lipinski definition) is 0. The molecule has 0 saturated carbocycles. The summed E-state index contributed by atoms with van der Waals surface area (Å²) in [6, 6.07) is 9.76. The van der Waals surface area contributed by atoms with Crippen LogP contribution < -0.4 is 4.74 Å². The maximum atomic E-state index is 14.5. The molecular weight excluding hydrogens is 546 g/mol. The van der Waals surface area contributed by atoms with Gasteiger partial charge in [0.15, 0.2) is 11.6 Å². The van der Waals surface area contributed by atoms with E-state index in [0.717, 1.165) is 90.6 Å². The van der Waals surface area contributed by atoms with Crippen LogP contribution in [0.4, 0.5) is 17.6 Å². The molecule has 1 atom stereocenters. The Morgan fingerprint density at radius 1 is 1.12 bits per heavy atom. The number of benzene rings is 2. The number of halogens is 4. The molecule has 1 fully saturated rings. The third kappa shape index (κ3) is 6.30. The van der Waals surface area contributed by atoms with Crippen molar-refractivity contribution in [1.29, 1.82) is 0 Å². The number of nitrogens with zero attached hydrogens (tertiary/aromatic N) is 3. The van der Waals surface area contributed by atoms with E-state index in [2.05, 4.69) is 20.5 Å². The van der Waals surface area contributed by atoms with Gasteiger partial charge in [-0.05, 0) is 87.1 Å². The number of thioether (sulfide) groups is 1. The first-order valence-corrected chi connectivity index (χ1v) is 14.5. The molecule has 0 N–H and O–H groups in total. The lowest BCUT2D eigenvalue weighted by Crippen LogP contribution is -2.18. The summed E-state index contributed by atoms with van der Waals surface area (Å²) in [6.45, 7) is 6.10. The van der Waals surface area contributed by atoms with E-state index in [1.165, 1.54) is 6.07 Å². The summed E-state index contributed by atoms with van der Waals surface area (Å²) in [7, 11) is 0. The lowest BCUT2D eigenvalue weighted by Gasteiger charge is -2.23. The third-order valence-corrected chi connectivity index (χ3v) is 8.36. The molecule has 1 saturated heterocycles. The minimum atomic E-state index is -4.96. The molecular formula is C29H31F4N3O3S. The minimum absolute atomic E-state index is 0.154. The molecule has 1 aliphatic heterocycles. The van der Waals surface area contributed by atoms with Crippen LogP contribution in [0.15, 0.2) is 40.9 Å². The van der Waals surface area contributed by atoms with E-state index in [0.29, 0.717) is 17.9 Å². The molecule has 2 aromatic carbocycles. The predicted molar refractivity (Wildman–Crippen MR) is 146 cm³/mol. The number of imidazole rings is 1. The van der Waals surface area contributed by atoms with E-state index < -0.39 is 17.9 Å². The van der Waals surface area contributed by atoms with Crippen molar-refractivity contribution in [2.75, 3.05) is 19.5 Å². The highest BCUT2D eigenvalue weighted by molar-refractivity contribution is 7.98. The second kappa shape index (κ2) is 11.8. The number of fused-ring (bicyclic) bond motifs is 1. The van der Waals surface area contributed by atoms with E-state index in [1.54, 1.807) is 11.8 Å². The molecule has 0 radical (unpaired) electrons. The van der Waals surface area contributed by atoms with Crippen LogP contribution in [0.1, 0.15) is 47.4 Å². The Morgan fingerprint density at radius 3 is 2.55 bits per heavy atom. The Labute approximate surface area is 234 Å². The molecule has 0 bridgehead atoms. The first-order valence-electron chi connectivity index (χ1n) is 13.2. The van der Waals surface area contributed by atoms with Crippen molar-refractivity contribution in [2.24, 2.45) is 5.92 Å². The molecule has 40 heavy (non-hydrogen) atoms. The number of aromatic nitrogens is 3. The largest absolute Gasteiger partial charge is 0.573 e. The van der Waals surface area contributed by atoms with Crippen molar-refractivity contribution >= 4 is 22.8 Å². The van der Waals surface area contributed by atoms with Crippen LogP contribution >= 0.6 is 11.8 Å². The summed E-state index contributed by atoms with van der Waals surface area (Å²) < 4.78 is 69.2. The average Bonchev–Trinajstić information content (AvgIpc) is 3.45. The molecule has 1 aliphatic rings. The second-order valence-electron chi connectivity index (χ2n) is 10.1. The Kier molecular flexibility index (Phi) is 8.42. The van der Waals surface area contributed by atoms with E-state index in [-0.39, 0.29) is 5.25 Å². The Hall–Kier alpha value is -3.05.